The number of aromatic carboxylic acids is 1. The SMILES string of the molecule is Cc1cccc(NC(=O)c2cccc(C(=O)O)c2C(N)=O)c1. The van der Waals surface area contributed by atoms with Crippen LogP contribution in [0.2, 0.25) is 0 Å². The lowest BCUT2D eigenvalue weighted by atomic mass is 9.99. The van der Waals surface area contributed by atoms with Crippen LogP contribution < -0.4 is 11.1 Å². The molecule has 0 bridgehead atoms. The Morgan fingerprint density at radius 3 is 2.27 bits per heavy atom. The first-order chi connectivity index (χ1) is 10.4. The van der Waals surface area contributed by atoms with Gasteiger partial charge in [-0.15, -0.1) is 0 Å². The molecule has 0 aliphatic rings. The summed E-state index contributed by atoms with van der Waals surface area (Å²) in [5.74, 6) is -2.88. The summed E-state index contributed by atoms with van der Waals surface area (Å²) in [6.45, 7) is 1.87. The van der Waals surface area contributed by atoms with E-state index < -0.39 is 17.8 Å². The van der Waals surface area contributed by atoms with Crippen molar-refractivity contribution in [2.45, 2.75) is 6.92 Å². The summed E-state index contributed by atoms with van der Waals surface area (Å²) < 4.78 is 0. The topological polar surface area (TPSA) is 109 Å². The molecular formula is C16H14N2O4. The van der Waals surface area contributed by atoms with E-state index in [9.17, 15) is 14.4 Å². The summed E-state index contributed by atoms with van der Waals surface area (Å²) in [6, 6.07) is 11.1. The molecule has 0 saturated carbocycles. The number of hydrogen-bond donors (Lipinski definition) is 3. The minimum absolute atomic E-state index is 0.0751. The third kappa shape index (κ3) is 3.12. The molecule has 0 aliphatic carbocycles. The van der Waals surface area contributed by atoms with E-state index in [-0.39, 0.29) is 16.7 Å². The molecule has 2 amide bonds. The molecule has 2 aromatic rings. The van der Waals surface area contributed by atoms with E-state index in [2.05, 4.69) is 5.32 Å². The van der Waals surface area contributed by atoms with Crippen molar-refractivity contribution < 1.29 is 19.5 Å². The first kappa shape index (κ1) is 15.2. The van der Waals surface area contributed by atoms with Gasteiger partial charge in [0.25, 0.3) is 5.91 Å². The van der Waals surface area contributed by atoms with Crippen molar-refractivity contribution in [3.8, 4) is 0 Å². The zero-order chi connectivity index (χ0) is 16.3. The van der Waals surface area contributed by atoms with Gasteiger partial charge in [0.15, 0.2) is 0 Å². The fourth-order valence-corrected chi connectivity index (χ4v) is 2.11. The zero-order valence-electron chi connectivity index (χ0n) is 11.8. The molecule has 2 rings (SSSR count). The summed E-state index contributed by atoms with van der Waals surface area (Å²) >= 11 is 0. The smallest absolute Gasteiger partial charge is 0.336 e. The second-order valence-electron chi connectivity index (χ2n) is 4.72. The number of carboxylic acid groups (broad SMARTS) is 1. The summed E-state index contributed by atoms with van der Waals surface area (Å²) in [5, 5.41) is 11.7. The van der Waals surface area contributed by atoms with Gasteiger partial charge in [-0.25, -0.2) is 4.79 Å². The van der Waals surface area contributed by atoms with E-state index in [1.807, 2.05) is 13.0 Å². The molecule has 2 aromatic carbocycles. The molecule has 0 spiro atoms. The lowest BCUT2D eigenvalue weighted by molar-refractivity contribution is 0.0692. The van der Waals surface area contributed by atoms with Crippen LogP contribution in [-0.4, -0.2) is 22.9 Å². The Morgan fingerprint density at radius 2 is 1.68 bits per heavy atom. The van der Waals surface area contributed by atoms with Gasteiger partial charge in [0, 0.05) is 5.69 Å². The predicted molar refractivity (Wildman–Crippen MR) is 81.1 cm³/mol. The number of carbonyl (C=O) groups is 3. The van der Waals surface area contributed by atoms with Crippen LogP contribution in [-0.2, 0) is 0 Å². The number of rotatable bonds is 4. The van der Waals surface area contributed by atoms with Crippen molar-refractivity contribution in [3.63, 3.8) is 0 Å². The molecule has 6 heteroatoms. The molecule has 4 N–H and O–H groups in total. The van der Waals surface area contributed by atoms with Crippen molar-refractivity contribution in [2.24, 2.45) is 5.73 Å². The lowest BCUT2D eigenvalue weighted by Gasteiger charge is -2.10. The van der Waals surface area contributed by atoms with Crippen molar-refractivity contribution in [1.29, 1.82) is 0 Å². The molecule has 22 heavy (non-hydrogen) atoms. The van der Waals surface area contributed by atoms with Crippen LogP contribution in [0.5, 0.6) is 0 Å². The maximum absolute atomic E-state index is 12.3. The first-order valence-electron chi connectivity index (χ1n) is 6.44. The van der Waals surface area contributed by atoms with Crippen LogP contribution in [0.15, 0.2) is 42.5 Å². The number of amides is 2. The molecule has 112 valence electrons. The minimum Gasteiger partial charge on any atom is -0.478 e. The van der Waals surface area contributed by atoms with E-state index in [4.69, 9.17) is 10.8 Å². The van der Waals surface area contributed by atoms with Gasteiger partial charge in [0.1, 0.15) is 0 Å². The molecule has 0 aliphatic heterocycles. The van der Waals surface area contributed by atoms with Gasteiger partial charge in [-0.2, -0.15) is 0 Å². The number of anilines is 1. The average Bonchev–Trinajstić information content (AvgIpc) is 2.46. The average molecular weight is 298 g/mol. The van der Waals surface area contributed by atoms with Gasteiger partial charge >= 0.3 is 5.97 Å². The number of hydrogen-bond acceptors (Lipinski definition) is 3. The Morgan fingerprint density at radius 1 is 1.05 bits per heavy atom. The third-order valence-electron chi connectivity index (χ3n) is 3.06. The number of carbonyl (C=O) groups excluding carboxylic acids is 2. The Labute approximate surface area is 126 Å². The predicted octanol–water partition coefficient (Wildman–Crippen LogP) is 2.04. The fraction of sp³-hybridized carbons (Fsp3) is 0.0625. The molecule has 0 aromatic heterocycles. The quantitative estimate of drug-likeness (QED) is 0.802. The monoisotopic (exact) mass is 298 g/mol. The van der Waals surface area contributed by atoms with Crippen molar-refractivity contribution in [3.05, 3.63) is 64.7 Å². The highest BCUT2D eigenvalue weighted by molar-refractivity contribution is 6.15. The minimum atomic E-state index is -1.32. The Hall–Kier alpha value is -3.15. The number of carboxylic acids is 1. The number of primary amides is 1. The maximum Gasteiger partial charge on any atom is 0.336 e. The first-order valence-corrected chi connectivity index (χ1v) is 6.44. The van der Waals surface area contributed by atoms with Crippen molar-refractivity contribution in [2.75, 3.05) is 5.32 Å². The number of nitrogens with one attached hydrogen (secondary N) is 1. The largest absolute Gasteiger partial charge is 0.478 e. The van der Waals surface area contributed by atoms with Crippen LogP contribution in [0.3, 0.4) is 0 Å². The second kappa shape index (κ2) is 6.09. The van der Waals surface area contributed by atoms with Crippen LogP contribution in [0.4, 0.5) is 5.69 Å². The van der Waals surface area contributed by atoms with E-state index in [1.54, 1.807) is 18.2 Å². The molecule has 0 radical (unpaired) electrons. The summed E-state index contributed by atoms with van der Waals surface area (Å²) in [4.78, 5) is 35.0. The van der Waals surface area contributed by atoms with Crippen LogP contribution in [0.1, 0.15) is 36.6 Å². The molecule has 0 unspecified atom stereocenters. The Kier molecular flexibility index (Phi) is 4.22. The van der Waals surface area contributed by atoms with Gasteiger partial charge in [-0.05, 0) is 36.8 Å². The second-order valence-corrected chi connectivity index (χ2v) is 4.72. The summed E-state index contributed by atoms with van der Waals surface area (Å²) in [5.41, 5.74) is 6.04. The number of benzene rings is 2. The number of nitrogens with two attached hydrogens (primary N) is 1. The van der Waals surface area contributed by atoms with Gasteiger partial charge in [-0.3, -0.25) is 9.59 Å². The third-order valence-corrected chi connectivity index (χ3v) is 3.06. The molecule has 0 saturated heterocycles. The van der Waals surface area contributed by atoms with Gasteiger partial charge in [0.05, 0.1) is 16.7 Å². The fourth-order valence-electron chi connectivity index (χ4n) is 2.11. The molecular weight excluding hydrogens is 284 g/mol. The normalized spacial score (nSPS) is 10.0. The summed E-state index contributed by atoms with van der Waals surface area (Å²) in [6.07, 6.45) is 0. The lowest BCUT2D eigenvalue weighted by Crippen LogP contribution is -2.23. The van der Waals surface area contributed by atoms with Crippen molar-refractivity contribution in [1.82, 2.24) is 0 Å². The maximum atomic E-state index is 12.3. The van der Waals surface area contributed by atoms with Gasteiger partial charge in [0.2, 0.25) is 5.91 Å². The summed E-state index contributed by atoms with van der Waals surface area (Å²) in [7, 11) is 0. The van der Waals surface area contributed by atoms with Crippen LogP contribution >= 0.6 is 0 Å². The molecule has 6 nitrogen and oxygen atoms in total. The molecule has 0 atom stereocenters. The molecule has 0 heterocycles. The standard InChI is InChI=1S/C16H14N2O4/c1-9-4-2-5-10(8-9)18-15(20)11-6-3-7-12(16(21)22)13(11)14(17)19/h2-8H,1H3,(H2,17,19)(H,18,20)(H,21,22). The zero-order valence-corrected chi connectivity index (χ0v) is 11.8. The van der Waals surface area contributed by atoms with E-state index >= 15 is 0 Å². The van der Waals surface area contributed by atoms with E-state index in [0.29, 0.717) is 5.69 Å². The van der Waals surface area contributed by atoms with Crippen LogP contribution in [0, 0.1) is 6.92 Å². The number of aryl methyl sites for hydroxylation is 1. The van der Waals surface area contributed by atoms with Gasteiger partial charge < -0.3 is 16.2 Å². The van der Waals surface area contributed by atoms with E-state index in [1.165, 1.54) is 18.2 Å². The Balaban J connectivity index is 2.43. The van der Waals surface area contributed by atoms with Gasteiger partial charge in [-0.1, -0.05) is 18.2 Å². The van der Waals surface area contributed by atoms with Crippen LogP contribution in [0.25, 0.3) is 0 Å². The van der Waals surface area contributed by atoms with Crippen molar-refractivity contribution >= 4 is 23.5 Å². The highest BCUT2D eigenvalue weighted by Crippen LogP contribution is 2.17. The van der Waals surface area contributed by atoms with E-state index in [0.717, 1.165) is 5.56 Å². The Bertz CT molecular complexity index is 768. The molecule has 0 fully saturated rings. The highest BCUT2D eigenvalue weighted by Gasteiger charge is 2.22. The highest BCUT2D eigenvalue weighted by atomic mass is 16.4.